The number of aromatic nitrogens is 1. The molecule has 1 N–H and O–H groups in total. The van der Waals surface area contributed by atoms with Gasteiger partial charge in [-0.15, -0.1) is 0 Å². The molecule has 1 fully saturated rings. The molecule has 0 amide bonds. The first-order valence-electron chi connectivity index (χ1n) is 9.13. The minimum Gasteiger partial charge on any atom is -0.390 e. The van der Waals surface area contributed by atoms with E-state index in [4.69, 9.17) is 4.74 Å². The summed E-state index contributed by atoms with van der Waals surface area (Å²) in [6, 6.07) is 16.9. The fraction of sp³-hybridized carbons (Fsp3) is 0.429. The Kier molecular flexibility index (Phi) is 4.50. The summed E-state index contributed by atoms with van der Waals surface area (Å²) in [5, 5.41) is 13.3. The van der Waals surface area contributed by atoms with E-state index in [1.165, 1.54) is 21.8 Å². The maximum Gasteiger partial charge on any atom is 0.0846 e. The predicted molar refractivity (Wildman–Crippen MR) is 102 cm³/mol. The Bertz CT molecular complexity index is 809. The van der Waals surface area contributed by atoms with Gasteiger partial charge in [-0.3, -0.25) is 4.90 Å². The number of para-hydroxylation sites is 2. The Labute approximate surface area is 148 Å². The number of hydrogen-bond acceptors (Lipinski definition) is 3. The molecule has 0 saturated carbocycles. The van der Waals surface area contributed by atoms with Crippen LogP contribution in [-0.4, -0.2) is 52.5 Å². The number of morpholine rings is 1. The molecule has 0 aliphatic carbocycles. The third kappa shape index (κ3) is 3.30. The third-order valence-electron chi connectivity index (χ3n) is 5.04. The van der Waals surface area contributed by atoms with Gasteiger partial charge >= 0.3 is 0 Å². The van der Waals surface area contributed by atoms with Crippen LogP contribution in [-0.2, 0) is 11.3 Å². The van der Waals surface area contributed by atoms with Gasteiger partial charge in [0.05, 0.1) is 24.9 Å². The van der Waals surface area contributed by atoms with Crippen molar-refractivity contribution in [3.05, 3.63) is 48.5 Å². The molecule has 4 rings (SSSR count). The summed E-state index contributed by atoms with van der Waals surface area (Å²) < 4.78 is 8.04. The Morgan fingerprint density at radius 2 is 1.44 bits per heavy atom. The molecule has 4 heteroatoms. The van der Waals surface area contributed by atoms with Crippen LogP contribution >= 0.6 is 0 Å². The molecule has 2 aromatic carbocycles. The highest BCUT2D eigenvalue weighted by Crippen LogP contribution is 2.29. The maximum absolute atomic E-state index is 10.8. The zero-order chi connectivity index (χ0) is 17.4. The van der Waals surface area contributed by atoms with Gasteiger partial charge in [0.1, 0.15) is 0 Å². The quantitative estimate of drug-likeness (QED) is 0.793. The highest BCUT2D eigenvalue weighted by atomic mass is 16.5. The average molecular weight is 338 g/mol. The number of ether oxygens (including phenoxy) is 1. The summed E-state index contributed by atoms with van der Waals surface area (Å²) in [5.74, 6) is 0. The van der Waals surface area contributed by atoms with E-state index in [0.29, 0.717) is 13.1 Å². The zero-order valence-corrected chi connectivity index (χ0v) is 14.9. The van der Waals surface area contributed by atoms with Crippen molar-refractivity contribution in [1.82, 2.24) is 9.47 Å². The van der Waals surface area contributed by atoms with Crippen LogP contribution < -0.4 is 0 Å². The molecule has 0 bridgehead atoms. The second kappa shape index (κ2) is 6.79. The van der Waals surface area contributed by atoms with Gasteiger partial charge in [-0.1, -0.05) is 36.4 Å². The normalized spacial score (nSPS) is 23.3. The van der Waals surface area contributed by atoms with Crippen molar-refractivity contribution >= 4 is 21.8 Å². The van der Waals surface area contributed by atoms with E-state index in [-0.39, 0.29) is 12.2 Å². The molecule has 2 heterocycles. The van der Waals surface area contributed by atoms with Crippen molar-refractivity contribution in [2.24, 2.45) is 0 Å². The number of fused-ring (bicyclic) bond motifs is 3. The van der Waals surface area contributed by atoms with Gasteiger partial charge in [-0.25, -0.2) is 0 Å². The van der Waals surface area contributed by atoms with Crippen molar-refractivity contribution in [3.63, 3.8) is 0 Å². The van der Waals surface area contributed by atoms with E-state index >= 15 is 0 Å². The minimum absolute atomic E-state index is 0.226. The van der Waals surface area contributed by atoms with Crippen molar-refractivity contribution in [2.45, 2.75) is 38.7 Å². The third-order valence-corrected chi connectivity index (χ3v) is 5.04. The van der Waals surface area contributed by atoms with E-state index in [1.54, 1.807) is 0 Å². The fourth-order valence-corrected chi connectivity index (χ4v) is 4.20. The lowest BCUT2D eigenvalue weighted by Gasteiger charge is -2.36. The number of β-amino-alcohol motifs (C(OH)–C–C–N with tert-alkyl or cyclic N) is 1. The molecule has 1 aromatic heterocycles. The number of benzene rings is 2. The summed E-state index contributed by atoms with van der Waals surface area (Å²) in [6.45, 7) is 7.25. The molecule has 3 atom stereocenters. The Morgan fingerprint density at radius 3 is 2.00 bits per heavy atom. The molecule has 0 spiro atoms. The Hall–Kier alpha value is -1.88. The number of nitrogens with zero attached hydrogens (tertiary/aromatic N) is 2. The van der Waals surface area contributed by atoms with Gasteiger partial charge in [-0.2, -0.15) is 0 Å². The summed E-state index contributed by atoms with van der Waals surface area (Å²) in [6.07, 6.45) is 0.0464. The van der Waals surface area contributed by atoms with E-state index < -0.39 is 6.10 Å². The van der Waals surface area contributed by atoms with E-state index in [9.17, 15) is 5.11 Å². The largest absolute Gasteiger partial charge is 0.390 e. The summed E-state index contributed by atoms with van der Waals surface area (Å²) >= 11 is 0. The lowest BCUT2D eigenvalue weighted by molar-refractivity contribution is -0.0771. The summed E-state index contributed by atoms with van der Waals surface area (Å²) in [4.78, 5) is 2.32. The minimum atomic E-state index is -0.406. The lowest BCUT2D eigenvalue weighted by atomic mass is 10.2. The molecule has 4 nitrogen and oxygen atoms in total. The first kappa shape index (κ1) is 16.6. The summed E-state index contributed by atoms with van der Waals surface area (Å²) in [7, 11) is 0. The standard InChI is InChI=1S/C21H26N2O2/c1-15-11-22(12-16(2)25-15)13-17(24)14-23-20-9-5-3-7-18(20)19-8-4-6-10-21(19)23/h3-10,15-17,24H,11-14H2,1-2H3/t15-,16+,17-/m0/s1. The Balaban J connectivity index is 1.59. The van der Waals surface area contributed by atoms with Crippen molar-refractivity contribution < 1.29 is 9.84 Å². The number of aliphatic hydroxyl groups excluding tert-OH is 1. The molecular formula is C21H26N2O2. The second-order valence-corrected chi connectivity index (χ2v) is 7.27. The Morgan fingerprint density at radius 1 is 0.920 bits per heavy atom. The number of rotatable bonds is 4. The zero-order valence-electron chi connectivity index (χ0n) is 14.9. The van der Waals surface area contributed by atoms with E-state index in [1.807, 2.05) is 0 Å². The molecule has 3 aromatic rings. The van der Waals surface area contributed by atoms with Crippen LogP contribution in [0.5, 0.6) is 0 Å². The maximum atomic E-state index is 10.8. The monoisotopic (exact) mass is 338 g/mol. The van der Waals surface area contributed by atoms with Crippen LogP contribution in [0.2, 0.25) is 0 Å². The molecule has 0 radical (unpaired) electrons. The van der Waals surface area contributed by atoms with Crippen molar-refractivity contribution in [2.75, 3.05) is 19.6 Å². The highest BCUT2D eigenvalue weighted by Gasteiger charge is 2.24. The van der Waals surface area contributed by atoms with Gasteiger partial charge in [0, 0.05) is 41.4 Å². The predicted octanol–water partition coefficient (Wildman–Crippen LogP) is 3.26. The van der Waals surface area contributed by atoms with Crippen LogP contribution in [0.25, 0.3) is 21.8 Å². The highest BCUT2D eigenvalue weighted by molar-refractivity contribution is 6.07. The van der Waals surface area contributed by atoms with Crippen LogP contribution in [0, 0.1) is 0 Å². The molecular weight excluding hydrogens is 312 g/mol. The molecule has 1 aliphatic rings. The topological polar surface area (TPSA) is 37.6 Å². The fourth-order valence-electron chi connectivity index (χ4n) is 4.20. The number of hydrogen-bond donors (Lipinski definition) is 1. The summed E-state index contributed by atoms with van der Waals surface area (Å²) in [5.41, 5.74) is 2.37. The number of aliphatic hydroxyl groups is 1. The van der Waals surface area contributed by atoms with E-state index in [2.05, 4.69) is 71.8 Å². The molecule has 25 heavy (non-hydrogen) atoms. The first-order valence-corrected chi connectivity index (χ1v) is 9.13. The van der Waals surface area contributed by atoms with Crippen LogP contribution in [0.4, 0.5) is 0 Å². The molecule has 132 valence electrons. The van der Waals surface area contributed by atoms with Gasteiger partial charge in [0.15, 0.2) is 0 Å². The van der Waals surface area contributed by atoms with Crippen LogP contribution in [0.15, 0.2) is 48.5 Å². The molecule has 1 saturated heterocycles. The SMILES string of the molecule is C[C@@H]1CN(C[C@H](O)Cn2c3ccccc3c3ccccc32)C[C@H](C)O1. The van der Waals surface area contributed by atoms with Gasteiger partial charge in [0.2, 0.25) is 0 Å². The molecule has 0 unspecified atom stereocenters. The van der Waals surface area contributed by atoms with Gasteiger partial charge in [0.25, 0.3) is 0 Å². The van der Waals surface area contributed by atoms with E-state index in [0.717, 1.165) is 13.1 Å². The van der Waals surface area contributed by atoms with Crippen LogP contribution in [0.3, 0.4) is 0 Å². The van der Waals surface area contributed by atoms with Gasteiger partial charge in [-0.05, 0) is 26.0 Å². The van der Waals surface area contributed by atoms with Gasteiger partial charge < -0.3 is 14.4 Å². The van der Waals surface area contributed by atoms with Crippen LogP contribution in [0.1, 0.15) is 13.8 Å². The van der Waals surface area contributed by atoms with Crippen molar-refractivity contribution in [3.8, 4) is 0 Å². The molecule has 1 aliphatic heterocycles. The smallest absolute Gasteiger partial charge is 0.0846 e. The lowest BCUT2D eigenvalue weighted by Crippen LogP contribution is -2.48. The van der Waals surface area contributed by atoms with Crippen molar-refractivity contribution in [1.29, 1.82) is 0 Å². The second-order valence-electron chi connectivity index (χ2n) is 7.27. The first-order chi connectivity index (χ1) is 12.1. The average Bonchev–Trinajstić information content (AvgIpc) is 2.89.